The number of aryl methyl sites for hydroxylation is 1. The fraction of sp³-hybridized carbons (Fsp3) is 0.231. The molecule has 1 unspecified atom stereocenters. The van der Waals surface area contributed by atoms with Gasteiger partial charge in [0.15, 0.2) is 11.6 Å². The Morgan fingerprint density at radius 1 is 1.26 bits per heavy atom. The summed E-state index contributed by atoms with van der Waals surface area (Å²) in [5, 5.41) is 7.28. The molecule has 0 saturated heterocycles. The summed E-state index contributed by atoms with van der Waals surface area (Å²) in [7, 11) is 1.62. The molecular formula is C13H12FN3O2. The van der Waals surface area contributed by atoms with Crippen LogP contribution in [0.2, 0.25) is 0 Å². The molecule has 98 valence electrons. The van der Waals surface area contributed by atoms with Gasteiger partial charge < -0.3 is 0 Å². The van der Waals surface area contributed by atoms with Crippen molar-refractivity contribution in [2.75, 3.05) is 0 Å². The summed E-state index contributed by atoms with van der Waals surface area (Å²) in [4.78, 5) is 24.1. The molecule has 19 heavy (non-hydrogen) atoms. The first kappa shape index (κ1) is 13.1. The standard InChI is InChI=1S/C13H12FN3O2/c1-8(13(19)11-7-17(2)16-15-11)12(18)9-5-3-4-6-10(9)14/h3-8H,1-2H3. The summed E-state index contributed by atoms with van der Waals surface area (Å²) < 4.78 is 14.9. The van der Waals surface area contributed by atoms with Crippen molar-refractivity contribution in [1.82, 2.24) is 15.0 Å². The average Bonchev–Trinajstić information content (AvgIpc) is 2.83. The lowest BCUT2D eigenvalue weighted by atomic mass is 9.94. The van der Waals surface area contributed by atoms with E-state index in [0.717, 1.165) is 0 Å². The van der Waals surface area contributed by atoms with Crippen molar-refractivity contribution in [3.63, 3.8) is 0 Å². The highest BCUT2D eigenvalue weighted by atomic mass is 19.1. The average molecular weight is 261 g/mol. The Kier molecular flexibility index (Phi) is 3.50. The highest BCUT2D eigenvalue weighted by Crippen LogP contribution is 2.15. The zero-order chi connectivity index (χ0) is 14.0. The second kappa shape index (κ2) is 5.09. The predicted octanol–water partition coefficient (Wildman–Crippen LogP) is 1.66. The highest BCUT2D eigenvalue weighted by Gasteiger charge is 2.27. The van der Waals surface area contributed by atoms with E-state index < -0.39 is 23.3 Å². The molecule has 1 aromatic heterocycles. The van der Waals surface area contributed by atoms with Crippen LogP contribution < -0.4 is 0 Å². The summed E-state index contributed by atoms with van der Waals surface area (Å²) in [6.07, 6.45) is 1.42. The normalized spacial score (nSPS) is 12.2. The number of carbonyl (C=O) groups excluding carboxylic acids is 2. The largest absolute Gasteiger partial charge is 0.293 e. The Balaban J connectivity index is 2.25. The van der Waals surface area contributed by atoms with Crippen LogP contribution in [0.3, 0.4) is 0 Å². The minimum absolute atomic E-state index is 0.0905. The molecule has 2 rings (SSSR count). The van der Waals surface area contributed by atoms with E-state index in [4.69, 9.17) is 0 Å². The molecule has 0 saturated carbocycles. The minimum atomic E-state index is -0.992. The van der Waals surface area contributed by atoms with Crippen molar-refractivity contribution in [2.24, 2.45) is 13.0 Å². The summed E-state index contributed by atoms with van der Waals surface area (Å²) in [5.41, 5.74) is 0.00642. The summed E-state index contributed by atoms with van der Waals surface area (Å²) >= 11 is 0. The smallest absolute Gasteiger partial charge is 0.195 e. The van der Waals surface area contributed by atoms with E-state index in [-0.39, 0.29) is 11.3 Å². The molecule has 0 spiro atoms. The van der Waals surface area contributed by atoms with Crippen molar-refractivity contribution in [3.05, 3.63) is 47.5 Å². The Bertz CT molecular complexity index is 636. The van der Waals surface area contributed by atoms with Crippen LogP contribution in [0.5, 0.6) is 0 Å². The number of rotatable bonds is 4. The third kappa shape index (κ3) is 2.57. The van der Waals surface area contributed by atoms with Gasteiger partial charge in [-0.2, -0.15) is 0 Å². The van der Waals surface area contributed by atoms with E-state index in [0.29, 0.717) is 0 Å². The van der Waals surface area contributed by atoms with Crippen LogP contribution in [0.15, 0.2) is 30.5 Å². The zero-order valence-electron chi connectivity index (χ0n) is 10.5. The topological polar surface area (TPSA) is 64.8 Å². The Morgan fingerprint density at radius 3 is 2.53 bits per heavy atom. The number of nitrogens with zero attached hydrogens (tertiary/aromatic N) is 3. The first-order chi connectivity index (χ1) is 9.00. The lowest BCUT2D eigenvalue weighted by molar-refractivity contribution is 0.0815. The van der Waals surface area contributed by atoms with Crippen LogP contribution in [0.1, 0.15) is 27.8 Å². The van der Waals surface area contributed by atoms with Crippen molar-refractivity contribution in [3.8, 4) is 0 Å². The highest BCUT2D eigenvalue weighted by molar-refractivity contribution is 6.15. The maximum atomic E-state index is 13.5. The van der Waals surface area contributed by atoms with Gasteiger partial charge in [-0.3, -0.25) is 14.3 Å². The molecule has 0 aliphatic rings. The molecule has 0 bridgehead atoms. The summed E-state index contributed by atoms with van der Waals surface area (Å²) in [6.45, 7) is 1.44. The van der Waals surface area contributed by atoms with E-state index in [2.05, 4.69) is 10.3 Å². The van der Waals surface area contributed by atoms with Gasteiger partial charge in [0.25, 0.3) is 0 Å². The van der Waals surface area contributed by atoms with Gasteiger partial charge >= 0.3 is 0 Å². The van der Waals surface area contributed by atoms with Crippen molar-refractivity contribution in [1.29, 1.82) is 0 Å². The number of halogens is 1. The number of ketones is 2. The molecular weight excluding hydrogens is 249 g/mol. The van der Waals surface area contributed by atoms with Crippen LogP contribution in [0.25, 0.3) is 0 Å². The third-order valence-corrected chi connectivity index (χ3v) is 2.78. The zero-order valence-corrected chi connectivity index (χ0v) is 10.5. The van der Waals surface area contributed by atoms with E-state index in [1.165, 1.54) is 36.0 Å². The molecule has 5 nitrogen and oxygen atoms in total. The summed E-state index contributed by atoms with van der Waals surface area (Å²) in [6, 6.07) is 5.59. The molecule has 6 heteroatoms. The van der Waals surface area contributed by atoms with Gasteiger partial charge in [0.05, 0.1) is 17.7 Å². The summed E-state index contributed by atoms with van der Waals surface area (Å²) in [5.74, 6) is -2.66. The first-order valence-electron chi connectivity index (χ1n) is 5.70. The van der Waals surface area contributed by atoms with E-state index in [1.54, 1.807) is 13.1 Å². The van der Waals surface area contributed by atoms with E-state index in [1.807, 2.05) is 0 Å². The number of carbonyl (C=O) groups is 2. The van der Waals surface area contributed by atoms with Gasteiger partial charge in [-0.1, -0.05) is 17.3 Å². The maximum absolute atomic E-state index is 13.5. The van der Waals surface area contributed by atoms with Gasteiger partial charge in [0, 0.05) is 7.05 Å². The minimum Gasteiger partial charge on any atom is -0.293 e. The molecule has 0 radical (unpaired) electrons. The molecule has 0 fully saturated rings. The monoisotopic (exact) mass is 261 g/mol. The van der Waals surface area contributed by atoms with Gasteiger partial charge in [-0.05, 0) is 19.1 Å². The number of hydrogen-bond acceptors (Lipinski definition) is 4. The first-order valence-corrected chi connectivity index (χ1v) is 5.70. The molecule has 0 amide bonds. The Labute approximate surface area is 109 Å². The molecule has 0 N–H and O–H groups in total. The van der Waals surface area contributed by atoms with E-state index >= 15 is 0 Å². The van der Waals surface area contributed by atoms with Gasteiger partial charge in [-0.25, -0.2) is 4.39 Å². The van der Waals surface area contributed by atoms with Crippen LogP contribution in [-0.4, -0.2) is 26.6 Å². The molecule has 1 heterocycles. The van der Waals surface area contributed by atoms with Crippen LogP contribution in [-0.2, 0) is 7.05 Å². The fourth-order valence-corrected chi connectivity index (χ4v) is 1.70. The third-order valence-electron chi connectivity index (χ3n) is 2.78. The van der Waals surface area contributed by atoms with Gasteiger partial charge in [-0.15, -0.1) is 5.10 Å². The lowest BCUT2D eigenvalue weighted by Crippen LogP contribution is -2.22. The second-order valence-corrected chi connectivity index (χ2v) is 4.21. The van der Waals surface area contributed by atoms with Crippen molar-refractivity contribution in [2.45, 2.75) is 6.92 Å². The lowest BCUT2D eigenvalue weighted by Gasteiger charge is -2.08. The number of aromatic nitrogens is 3. The quantitative estimate of drug-likeness (QED) is 0.620. The van der Waals surface area contributed by atoms with Gasteiger partial charge in [0.2, 0.25) is 0 Å². The molecule has 1 atom stereocenters. The second-order valence-electron chi connectivity index (χ2n) is 4.21. The molecule has 0 aliphatic heterocycles. The number of hydrogen-bond donors (Lipinski definition) is 0. The molecule has 2 aromatic rings. The van der Waals surface area contributed by atoms with Crippen LogP contribution in [0, 0.1) is 11.7 Å². The van der Waals surface area contributed by atoms with Crippen molar-refractivity contribution < 1.29 is 14.0 Å². The SMILES string of the molecule is CC(C(=O)c1cn(C)nn1)C(=O)c1ccccc1F. The molecule has 1 aromatic carbocycles. The maximum Gasteiger partial charge on any atom is 0.195 e. The van der Waals surface area contributed by atoms with Gasteiger partial charge in [0.1, 0.15) is 11.5 Å². The number of Topliss-reactive ketones (excluding diaryl/α,β-unsaturated/α-hetero) is 2. The van der Waals surface area contributed by atoms with Crippen LogP contribution in [0.4, 0.5) is 4.39 Å². The molecule has 0 aliphatic carbocycles. The van der Waals surface area contributed by atoms with E-state index in [9.17, 15) is 14.0 Å². The van der Waals surface area contributed by atoms with Crippen LogP contribution >= 0.6 is 0 Å². The Morgan fingerprint density at radius 2 is 1.95 bits per heavy atom. The number of benzene rings is 1. The Hall–Kier alpha value is -2.37. The van der Waals surface area contributed by atoms with Crippen molar-refractivity contribution >= 4 is 11.6 Å². The predicted molar refractivity (Wildman–Crippen MR) is 65.2 cm³/mol. The fourth-order valence-electron chi connectivity index (χ4n) is 1.70.